The molecule has 0 radical (unpaired) electrons. The summed E-state index contributed by atoms with van der Waals surface area (Å²) in [5.74, 6) is 1.37. The molecule has 1 amide bonds. The maximum absolute atomic E-state index is 12.6. The molecule has 1 aliphatic carbocycles. The molecule has 24 heavy (non-hydrogen) atoms. The lowest BCUT2D eigenvalue weighted by Gasteiger charge is -2.15. The third-order valence-electron chi connectivity index (χ3n) is 4.16. The molecule has 2 aromatic heterocycles. The molecule has 1 saturated carbocycles. The van der Waals surface area contributed by atoms with E-state index in [-0.39, 0.29) is 18.4 Å². The molecule has 1 aliphatic rings. The van der Waals surface area contributed by atoms with Crippen LogP contribution in [0.15, 0.2) is 52.4 Å². The zero-order chi connectivity index (χ0) is 16.4. The van der Waals surface area contributed by atoms with Gasteiger partial charge < -0.3 is 9.84 Å². The van der Waals surface area contributed by atoms with Crippen LogP contribution in [-0.4, -0.2) is 16.0 Å². The van der Waals surface area contributed by atoms with E-state index < -0.39 is 0 Å². The van der Waals surface area contributed by atoms with Crippen LogP contribution >= 0.6 is 11.3 Å². The maximum atomic E-state index is 12.6. The minimum atomic E-state index is -0.0918. The highest BCUT2D eigenvalue weighted by Gasteiger charge is 2.37. The number of nitrogens with one attached hydrogen (secondary N) is 1. The lowest BCUT2D eigenvalue weighted by molar-refractivity contribution is -0.123. The SMILES string of the molecule is O=C(NCc1nc(-c2cccs2)no1)C(c1ccccc1)C1CC1. The van der Waals surface area contributed by atoms with E-state index in [2.05, 4.69) is 15.5 Å². The molecule has 0 spiro atoms. The molecule has 1 aromatic carbocycles. The Bertz CT molecular complexity index is 810. The van der Waals surface area contributed by atoms with Gasteiger partial charge in [0.15, 0.2) is 0 Å². The highest BCUT2D eigenvalue weighted by Crippen LogP contribution is 2.42. The smallest absolute Gasteiger partial charge is 0.246 e. The van der Waals surface area contributed by atoms with Crippen molar-refractivity contribution in [2.24, 2.45) is 5.92 Å². The van der Waals surface area contributed by atoms with E-state index in [0.29, 0.717) is 17.6 Å². The molecule has 1 unspecified atom stereocenters. The number of amides is 1. The number of aromatic nitrogens is 2. The number of hydrogen-bond donors (Lipinski definition) is 1. The van der Waals surface area contributed by atoms with Crippen molar-refractivity contribution in [3.05, 3.63) is 59.3 Å². The summed E-state index contributed by atoms with van der Waals surface area (Å²) < 4.78 is 5.23. The molecule has 0 bridgehead atoms. The Labute approximate surface area is 143 Å². The Hall–Kier alpha value is -2.47. The second-order valence-corrected chi connectivity index (χ2v) is 6.88. The van der Waals surface area contributed by atoms with Gasteiger partial charge in [-0.05, 0) is 35.8 Å². The van der Waals surface area contributed by atoms with Crippen molar-refractivity contribution < 1.29 is 9.32 Å². The van der Waals surface area contributed by atoms with Gasteiger partial charge in [0.2, 0.25) is 17.6 Å². The monoisotopic (exact) mass is 339 g/mol. The fourth-order valence-electron chi connectivity index (χ4n) is 2.83. The Morgan fingerprint density at radius 2 is 2.08 bits per heavy atom. The van der Waals surface area contributed by atoms with Gasteiger partial charge in [-0.1, -0.05) is 41.6 Å². The highest BCUT2D eigenvalue weighted by atomic mass is 32.1. The molecule has 1 fully saturated rings. The predicted molar refractivity (Wildman–Crippen MR) is 91.4 cm³/mol. The number of nitrogens with zero attached hydrogens (tertiary/aromatic N) is 2. The largest absolute Gasteiger partial charge is 0.346 e. The molecule has 0 saturated heterocycles. The summed E-state index contributed by atoms with van der Waals surface area (Å²) in [4.78, 5) is 17.9. The van der Waals surface area contributed by atoms with Crippen LogP contribution in [0.2, 0.25) is 0 Å². The average molecular weight is 339 g/mol. The number of benzene rings is 1. The summed E-state index contributed by atoms with van der Waals surface area (Å²) in [5.41, 5.74) is 1.07. The number of thiophene rings is 1. The zero-order valence-electron chi connectivity index (χ0n) is 13.0. The molecule has 3 aromatic rings. The van der Waals surface area contributed by atoms with Crippen LogP contribution in [-0.2, 0) is 11.3 Å². The normalized spacial score (nSPS) is 15.2. The Morgan fingerprint density at radius 1 is 1.25 bits per heavy atom. The van der Waals surface area contributed by atoms with Crippen molar-refractivity contribution in [3.63, 3.8) is 0 Å². The molecule has 1 atom stereocenters. The van der Waals surface area contributed by atoms with Gasteiger partial charge in [0.25, 0.3) is 0 Å². The van der Waals surface area contributed by atoms with Crippen molar-refractivity contribution in [1.82, 2.24) is 15.5 Å². The first kappa shape index (κ1) is 15.1. The summed E-state index contributed by atoms with van der Waals surface area (Å²) in [6.07, 6.45) is 2.21. The summed E-state index contributed by atoms with van der Waals surface area (Å²) in [6.45, 7) is 0.257. The minimum Gasteiger partial charge on any atom is -0.346 e. The van der Waals surface area contributed by atoms with Gasteiger partial charge in [-0.3, -0.25) is 4.79 Å². The quantitative estimate of drug-likeness (QED) is 0.745. The summed E-state index contributed by atoms with van der Waals surface area (Å²) in [7, 11) is 0. The summed E-state index contributed by atoms with van der Waals surface area (Å²) in [6, 6.07) is 13.8. The van der Waals surface area contributed by atoms with E-state index in [0.717, 1.165) is 23.3 Å². The molecule has 122 valence electrons. The van der Waals surface area contributed by atoms with E-state index in [1.807, 2.05) is 47.8 Å². The fourth-order valence-corrected chi connectivity index (χ4v) is 3.48. The van der Waals surface area contributed by atoms with E-state index in [1.165, 1.54) is 0 Å². The second-order valence-electron chi connectivity index (χ2n) is 5.93. The van der Waals surface area contributed by atoms with Crippen LogP contribution in [0.25, 0.3) is 10.7 Å². The predicted octanol–water partition coefficient (Wildman–Crippen LogP) is 3.61. The molecular weight excluding hydrogens is 322 g/mol. The van der Waals surface area contributed by atoms with Crippen LogP contribution in [0.5, 0.6) is 0 Å². The van der Waals surface area contributed by atoms with Crippen LogP contribution in [0.3, 0.4) is 0 Å². The van der Waals surface area contributed by atoms with Crippen LogP contribution in [0.4, 0.5) is 0 Å². The van der Waals surface area contributed by atoms with Crippen LogP contribution in [0.1, 0.15) is 30.2 Å². The number of carbonyl (C=O) groups excluding carboxylic acids is 1. The number of hydrogen-bond acceptors (Lipinski definition) is 5. The Kier molecular flexibility index (Phi) is 4.13. The van der Waals surface area contributed by atoms with E-state index in [1.54, 1.807) is 11.3 Å². The van der Waals surface area contributed by atoms with Crippen LogP contribution in [0, 0.1) is 5.92 Å². The van der Waals surface area contributed by atoms with E-state index in [9.17, 15) is 4.79 Å². The summed E-state index contributed by atoms with van der Waals surface area (Å²) >= 11 is 1.56. The number of rotatable bonds is 6. The average Bonchev–Trinajstić information content (AvgIpc) is 3.11. The lowest BCUT2D eigenvalue weighted by atomic mass is 9.93. The first-order valence-corrected chi connectivity index (χ1v) is 8.88. The zero-order valence-corrected chi connectivity index (χ0v) is 13.8. The van der Waals surface area contributed by atoms with Gasteiger partial charge in [-0.2, -0.15) is 4.98 Å². The van der Waals surface area contributed by atoms with Gasteiger partial charge in [0, 0.05) is 0 Å². The van der Waals surface area contributed by atoms with E-state index >= 15 is 0 Å². The van der Waals surface area contributed by atoms with Crippen molar-refractivity contribution >= 4 is 17.2 Å². The molecule has 0 aliphatic heterocycles. The Balaban J connectivity index is 1.42. The first-order chi connectivity index (χ1) is 11.8. The Morgan fingerprint density at radius 3 is 2.79 bits per heavy atom. The highest BCUT2D eigenvalue weighted by molar-refractivity contribution is 7.13. The lowest BCUT2D eigenvalue weighted by Crippen LogP contribution is -2.30. The molecule has 6 heteroatoms. The first-order valence-electron chi connectivity index (χ1n) is 8.00. The third kappa shape index (κ3) is 3.23. The van der Waals surface area contributed by atoms with Crippen molar-refractivity contribution in [2.75, 3.05) is 0 Å². The standard InChI is InChI=1S/C18H17N3O2S/c22-18(16(13-8-9-13)12-5-2-1-3-6-12)19-11-15-20-17(21-23-15)14-7-4-10-24-14/h1-7,10,13,16H,8-9,11H2,(H,19,22). The van der Waals surface area contributed by atoms with Gasteiger partial charge in [0.1, 0.15) is 0 Å². The molecule has 2 heterocycles. The van der Waals surface area contributed by atoms with Crippen molar-refractivity contribution in [2.45, 2.75) is 25.3 Å². The molecule has 4 rings (SSSR count). The molecular formula is C18H17N3O2S. The summed E-state index contributed by atoms with van der Waals surface area (Å²) in [5, 5.41) is 8.87. The van der Waals surface area contributed by atoms with E-state index in [4.69, 9.17) is 4.52 Å². The van der Waals surface area contributed by atoms with Crippen molar-refractivity contribution in [1.29, 1.82) is 0 Å². The van der Waals surface area contributed by atoms with Crippen molar-refractivity contribution in [3.8, 4) is 10.7 Å². The van der Waals surface area contributed by atoms with Gasteiger partial charge in [-0.25, -0.2) is 0 Å². The number of carbonyl (C=O) groups is 1. The molecule has 5 nitrogen and oxygen atoms in total. The topological polar surface area (TPSA) is 68.0 Å². The van der Waals surface area contributed by atoms with Gasteiger partial charge in [-0.15, -0.1) is 11.3 Å². The van der Waals surface area contributed by atoms with Crippen LogP contribution < -0.4 is 5.32 Å². The van der Waals surface area contributed by atoms with Gasteiger partial charge in [0.05, 0.1) is 17.3 Å². The second kappa shape index (κ2) is 6.57. The minimum absolute atomic E-state index is 0.0274. The molecule has 1 N–H and O–H groups in total. The fraction of sp³-hybridized carbons (Fsp3) is 0.278. The maximum Gasteiger partial charge on any atom is 0.246 e. The van der Waals surface area contributed by atoms with Gasteiger partial charge >= 0.3 is 0 Å². The third-order valence-corrected chi connectivity index (χ3v) is 5.02.